The summed E-state index contributed by atoms with van der Waals surface area (Å²) in [6.45, 7) is 9.47. The highest BCUT2D eigenvalue weighted by molar-refractivity contribution is 5.79. The van der Waals surface area contributed by atoms with Gasteiger partial charge >= 0.3 is 0 Å². The molecule has 0 amide bonds. The first-order valence-electron chi connectivity index (χ1n) is 7.45. The van der Waals surface area contributed by atoms with Crippen molar-refractivity contribution >= 4 is 5.96 Å². The van der Waals surface area contributed by atoms with E-state index in [4.69, 9.17) is 9.47 Å². The van der Waals surface area contributed by atoms with Crippen molar-refractivity contribution in [1.29, 1.82) is 0 Å². The minimum absolute atomic E-state index is 0.562. The summed E-state index contributed by atoms with van der Waals surface area (Å²) in [6, 6.07) is 6.22. The fourth-order valence-corrected chi connectivity index (χ4v) is 1.86. The zero-order valence-electron chi connectivity index (χ0n) is 13.5. The van der Waals surface area contributed by atoms with Crippen LogP contribution >= 0.6 is 0 Å². The highest BCUT2D eigenvalue weighted by atomic mass is 16.5. The van der Waals surface area contributed by atoms with E-state index < -0.39 is 0 Å². The number of rotatable bonds is 8. The average Bonchev–Trinajstić information content (AvgIpc) is 2.49. The van der Waals surface area contributed by atoms with Crippen LogP contribution in [0.5, 0.6) is 5.75 Å². The van der Waals surface area contributed by atoms with E-state index in [1.54, 1.807) is 7.05 Å². The first-order chi connectivity index (χ1) is 10.2. The predicted octanol–water partition coefficient (Wildman–Crippen LogP) is 2.10. The number of aryl methyl sites for hydroxylation is 1. The van der Waals surface area contributed by atoms with E-state index in [2.05, 4.69) is 40.7 Å². The lowest BCUT2D eigenvalue weighted by Crippen LogP contribution is -2.36. The second-order valence-electron chi connectivity index (χ2n) is 4.61. The molecule has 0 fully saturated rings. The van der Waals surface area contributed by atoms with Crippen LogP contribution in [-0.2, 0) is 11.3 Å². The molecule has 0 aliphatic heterocycles. The molecule has 2 N–H and O–H groups in total. The Labute approximate surface area is 127 Å². The molecule has 1 aromatic rings. The number of hydrogen-bond donors (Lipinski definition) is 2. The van der Waals surface area contributed by atoms with E-state index in [-0.39, 0.29) is 0 Å². The van der Waals surface area contributed by atoms with Gasteiger partial charge in [0.1, 0.15) is 12.4 Å². The third kappa shape index (κ3) is 6.49. The molecule has 0 saturated carbocycles. The summed E-state index contributed by atoms with van der Waals surface area (Å²) in [5.41, 5.74) is 2.29. The largest absolute Gasteiger partial charge is 0.491 e. The summed E-state index contributed by atoms with van der Waals surface area (Å²) < 4.78 is 11.1. The van der Waals surface area contributed by atoms with Crippen molar-refractivity contribution in [3.05, 3.63) is 29.3 Å². The fourth-order valence-electron chi connectivity index (χ4n) is 1.86. The van der Waals surface area contributed by atoms with Crippen LogP contribution in [0.4, 0.5) is 0 Å². The standard InChI is InChI=1S/C16H27N3O2/c1-5-18-16(17-4)19-12-14-8-7-13(3)11-15(14)21-10-9-20-6-2/h7-8,11H,5-6,9-10,12H2,1-4H3,(H2,17,18,19). The van der Waals surface area contributed by atoms with Crippen LogP contribution in [0, 0.1) is 6.92 Å². The third-order valence-electron chi connectivity index (χ3n) is 2.93. The van der Waals surface area contributed by atoms with Crippen LogP contribution in [0.25, 0.3) is 0 Å². The molecule has 0 saturated heterocycles. The Kier molecular flexibility index (Phi) is 8.28. The Hall–Kier alpha value is -1.75. The number of hydrogen-bond acceptors (Lipinski definition) is 3. The molecule has 1 aromatic carbocycles. The molecular formula is C16H27N3O2. The van der Waals surface area contributed by atoms with Crippen molar-refractivity contribution in [3.63, 3.8) is 0 Å². The molecular weight excluding hydrogens is 266 g/mol. The van der Waals surface area contributed by atoms with Crippen molar-refractivity contribution in [1.82, 2.24) is 10.6 Å². The molecule has 0 aliphatic rings. The molecule has 5 heteroatoms. The van der Waals surface area contributed by atoms with Gasteiger partial charge in [-0.05, 0) is 32.4 Å². The number of nitrogens with zero attached hydrogens (tertiary/aromatic N) is 1. The van der Waals surface area contributed by atoms with Gasteiger partial charge in [0, 0.05) is 32.3 Å². The van der Waals surface area contributed by atoms with Gasteiger partial charge in [-0.25, -0.2) is 0 Å². The maximum absolute atomic E-state index is 5.82. The highest BCUT2D eigenvalue weighted by Crippen LogP contribution is 2.20. The van der Waals surface area contributed by atoms with Crippen molar-refractivity contribution < 1.29 is 9.47 Å². The summed E-state index contributed by atoms with van der Waals surface area (Å²) in [6.07, 6.45) is 0. The van der Waals surface area contributed by atoms with Gasteiger partial charge in [-0.2, -0.15) is 0 Å². The monoisotopic (exact) mass is 293 g/mol. The lowest BCUT2D eigenvalue weighted by Gasteiger charge is -2.15. The topological polar surface area (TPSA) is 54.9 Å². The third-order valence-corrected chi connectivity index (χ3v) is 2.93. The Morgan fingerprint density at radius 2 is 2.00 bits per heavy atom. The first kappa shape index (κ1) is 17.3. The van der Waals surface area contributed by atoms with Gasteiger partial charge in [0.25, 0.3) is 0 Å². The summed E-state index contributed by atoms with van der Waals surface area (Å²) >= 11 is 0. The minimum atomic E-state index is 0.562. The van der Waals surface area contributed by atoms with Crippen molar-refractivity contribution in [3.8, 4) is 5.75 Å². The van der Waals surface area contributed by atoms with Gasteiger partial charge in [0.05, 0.1) is 6.61 Å². The molecule has 1 rings (SSSR count). The number of benzene rings is 1. The predicted molar refractivity (Wildman–Crippen MR) is 87.0 cm³/mol. The number of aliphatic imine (C=N–C) groups is 1. The smallest absolute Gasteiger partial charge is 0.191 e. The molecule has 0 radical (unpaired) electrons. The molecule has 5 nitrogen and oxygen atoms in total. The number of guanidine groups is 1. The van der Waals surface area contributed by atoms with Gasteiger partial charge in [0.15, 0.2) is 5.96 Å². The molecule has 21 heavy (non-hydrogen) atoms. The van der Waals surface area contributed by atoms with E-state index in [0.29, 0.717) is 26.4 Å². The molecule has 0 atom stereocenters. The van der Waals surface area contributed by atoms with Gasteiger partial charge < -0.3 is 20.1 Å². The van der Waals surface area contributed by atoms with E-state index in [1.165, 1.54) is 5.56 Å². The summed E-state index contributed by atoms with van der Waals surface area (Å²) in [5, 5.41) is 6.45. The Bertz CT molecular complexity index is 447. The van der Waals surface area contributed by atoms with Crippen LogP contribution < -0.4 is 15.4 Å². The molecule has 0 bridgehead atoms. The molecule has 0 spiro atoms. The summed E-state index contributed by atoms with van der Waals surface area (Å²) in [5.74, 6) is 1.69. The Morgan fingerprint density at radius 3 is 2.67 bits per heavy atom. The van der Waals surface area contributed by atoms with Crippen molar-refractivity contribution in [2.75, 3.05) is 33.4 Å². The normalized spacial score (nSPS) is 11.3. The van der Waals surface area contributed by atoms with Crippen LogP contribution in [0.2, 0.25) is 0 Å². The Balaban J connectivity index is 2.63. The van der Waals surface area contributed by atoms with Gasteiger partial charge in [-0.1, -0.05) is 12.1 Å². The Morgan fingerprint density at radius 1 is 1.19 bits per heavy atom. The quantitative estimate of drug-likeness (QED) is 0.438. The van der Waals surface area contributed by atoms with E-state index in [9.17, 15) is 0 Å². The van der Waals surface area contributed by atoms with Crippen LogP contribution in [0.3, 0.4) is 0 Å². The average molecular weight is 293 g/mol. The summed E-state index contributed by atoms with van der Waals surface area (Å²) in [4.78, 5) is 4.16. The minimum Gasteiger partial charge on any atom is -0.491 e. The number of nitrogens with one attached hydrogen (secondary N) is 2. The van der Waals surface area contributed by atoms with Gasteiger partial charge in [0.2, 0.25) is 0 Å². The lowest BCUT2D eigenvalue weighted by atomic mass is 10.1. The van der Waals surface area contributed by atoms with Crippen LogP contribution in [0.15, 0.2) is 23.2 Å². The molecule has 0 aromatic heterocycles. The second kappa shape index (κ2) is 10.0. The van der Waals surface area contributed by atoms with E-state index >= 15 is 0 Å². The van der Waals surface area contributed by atoms with Crippen LogP contribution in [-0.4, -0.2) is 39.4 Å². The lowest BCUT2D eigenvalue weighted by molar-refractivity contribution is 0.110. The van der Waals surface area contributed by atoms with Gasteiger partial charge in [-0.3, -0.25) is 4.99 Å². The van der Waals surface area contributed by atoms with Gasteiger partial charge in [-0.15, -0.1) is 0 Å². The van der Waals surface area contributed by atoms with E-state index in [1.807, 2.05) is 13.8 Å². The number of ether oxygens (including phenoxy) is 2. The maximum Gasteiger partial charge on any atom is 0.191 e. The molecule has 0 aliphatic carbocycles. The zero-order chi connectivity index (χ0) is 15.5. The molecule has 0 unspecified atom stereocenters. The fraction of sp³-hybridized carbons (Fsp3) is 0.562. The van der Waals surface area contributed by atoms with Crippen molar-refractivity contribution in [2.24, 2.45) is 4.99 Å². The van der Waals surface area contributed by atoms with Crippen molar-refractivity contribution in [2.45, 2.75) is 27.3 Å². The summed E-state index contributed by atoms with van der Waals surface area (Å²) in [7, 11) is 1.76. The SMILES string of the molecule is CCNC(=NC)NCc1ccc(C)cc1OCCOCC. The maximum atomic E-state index is 5.82. The second-order valence-corrected chi connectivity index (χ2v) is 4.61. The molecule has 118 valence electrons. The highest BCUT2D eigenvalue weighted by Gasteiger charge is 2.05. The first-order valence-corrected chi connectivity index (χ1v) is 7.45. The van der Waals surface area contributed by atoms with E-state index in [0.717, 1.165) is 23.8 Å². The zero-order valence-corrected chi connectivity index (χ0v) is 13.5. The molecule has 0 heterocycles. The van der Waals surface area contributed by atoms with Crippen LogP contribution in [0.1, 0.15) is 25.0 Å².